The van der Waals surface area contributed by atoms with Gasteiger partial charge in [0.15, 0.2) is 5.78 Å². The van der Waals surface area contributed by atoms with Gasteiger partial charge in [0, 0.05) is 26.4 Å². The number of carbonyl (C=O) groups is 1. The predicted octanol–water partition coefficient (Wildman–Crippen LogP) is 4.67. The van der Waals surface area contributed by atoms with Crippen LogP contribution >= 0.6 is 0 Å². The van der Waals surface area contributed by atoms with Crippen molar-refractivity contribution in [2.24, 2.45) is 0 Å². The van der Waals surface area contributed by atoms with Crippen molar-refractivity contribution in [1.82, 2.24) is 4.57 Å². The maximum atomic E-state index is 11.9. The molecule has 0 N–H and O–H groups in total. The Bertz CT molecular complexity index is 626. The number of benzene rings is 1. The first-order valence-corrected chi connectivity index (χ1v) is 11.4. The van der Waals surface area contributed by atoms with Crippen LogP contribution < -0.4 is 0 Å². The Morgan fingerprint density at radius 3 is 2.41 bits per heavy atom. The number of nitrogens with zero attached hydrogens (tertiary/aromatic N) is 1. The van der Waals surface area contributed by atoms with E-state index in [1.165, 1.54) is 0 Å². The summed E-state index contributed by atoms with van der Waals surface area (Å²) in [6.45, 7) is 9.90. The minimum absolute atomic E-state index is 0.0831. The molecule has 1 aromatic heterocycles. The SMILES string of the molecule is CC(=O)c1ccn(COCC[Si](C)(C)C)c1-c1ccccc1. The lowest BCUT2D eigenvalue weighted by molar-refractivity contribution is 0.0883. The number of hydrogen-bond acceptors (Lipinski definition) is 2. The molecule has 22 heavy (non-hydrogen) atoms. The van der Waals surface area contributed by atoms with Gasteiger partial charge in [0.25, 0.3) is 0 Å². The zero-order valence-electron chi connectivity index (χ0n) is 13.9. The molecule has 0 radical (unpaired) electrons. The van der Waals surface area contributed by atoms with Crippen LogP contribution in [0.3, 0.4) is 0 Å². The third-order valence-electron chi connectivity index (χ3n) is 3.62. The number of ketones is 1. The fraction of sp³-hybridized carbons (Fsp3) is 0.389. The van der Waals surface area contributed by atoms with Crippen molar-refractivity contribution < 1.29 is 9.53 Å². The molecular formula is C18H25NO2Si. The van der Waals surface area contributed by atoms with E-state index < -0.39 is 8.07 Å². The molecule has 0 aliphatic rings. The second-order valence-corrected chi connectivity index (χ2v) is 12.4. The molecule has 118 valence electrons. The van der Waals surface area contributed by atoms with Crippen LogP contribution in [0.15, 0.2) is 42.6 Å². The first kappa shape index (κ1) is 16.7. The summed E-state index contributed by atoms with van der Waals surface area (Å²) in [5, 5.41) is 0. The highest BCUT2D eigenvalue weighted by Gasteiger charge is 2.15. The van der Waals surface area contributed by atoms with Crippen LogP contribution in [-0.4, -0.2) is 25.0 Å². The normalized spacial score (nSPS) is 11.6. The van der Waals surface area contributed by atoms with Gasteiger partial charge >= 0.3 is 0 Å². The molecule has 0 unspecified atom stereocenters. The van der Waals surface area contributed by atoms with Gasteiger partial charge in [0.1, 0.15) is 6.73 Å². The summed E-state index contributed by atoms with van der Waals surface area (Å²) < 4.78 is 7.86. The van der Waals surface area contributed by atoms with E-state index in [2.05, 4.69) is 19.6 Å². The maximum Gasteiger partial charge on any atom is 0.161 e. The fourth-order valence-corrected chi connectivity index (χ4v) is 3.08. The third kappa shape index (κ3) is 4.42. The van der Waals surface area contributed by atoms with Gasteiger partial charge in [-0.05, 0) is 24.6 Å². The van der Waals surface area contributed by atoms with E-state index in [-0.39, 0.29) is 5.78 Å². The molecule has 0 atom stereocenters. The Labute approximate surface area is 133 Å². The van der Waals surface area contributed by atoms with Crippen LogP contribution in [0.4, 0.5) is 0 Å². The van der Waals surface area contributed by atoms with Gasteiger partial charge in [-0.2, -0.15) is 0 Å². The Hall–Kier alpha value is -1.65. The van der Waals surface area contributed by atoms with Crippen LogP contribution in [0.5, 0.6) is 0 Å². The summed E-state index contributed by atoms with van der Waals surface area (Å²) in [6, 6.07) is 13.0. The van der Waals surface area contributed by atoms with Crippen molar-refractivity contribution in [2.45, 2.75) is 39.3 Å². The van der Waals surface area contributed by atoms with Crippen LogP contribution in [0.1, 0.15) is 17.3 Å². The van der Waals surface area contributed by atoms with Crippen LogP contribution in [0.25, 0.3) is 11.3 Å². The average molecular weight is 315 g/mol. The number of carbonyl (C=O) groups excluding carboxylic acids is 1. The van der Waals surface area contributed by atoms with E-state index in [9.17, 15) is 4.79 Å². The molecule has 0 fully saturated rings. The number of rotatable bonds is 7. The monoisotopic (exact) mass is 315 g/mol. The molecule has 3 nitrogen and oxygen atoms in total. The van der Waals surface area contributed by atoms with Gasteiger partial charge in [-0.1, -0.05) is 50.0 Å². The second-order valence-electron chi connectivity index (χ2n) is 6.82. The minimum atomic E-state index is -1.07. The van der Waals surface area contributed by atoms with E-state index in [0.29, 0.717) is 6.73 Å². The molecular weight excluding hydrogens is 290 g/mol. The van der Waals surface area contributed by atoms with Gasteiger partial charge in [-0.3, -0.25) is 4.79 Å². The summed E-state index contributed by atoms with van der Waals surface area (Å²) in [5.74, 6) is 0.0831. The lowest BCUT2D eigenvalue weighted by atomic mass is 10.1. The van der Waals surface area contributed by atoms with Crippen molar-refractivity contribution in [3.63, 3.8) is 0 Å². The van der Waals surface area contributed by atoms with E-state index in [4.69, 9.17) is 4.74 Å². The number of aromatic nitrogens is 1. The molecule has 0 saturated carbocycles. The molecule has 0 aliphatic carbocycles. The highest BCUT2D eigenvalue weighted by Crippen LogP contribution is 2.25. The topological polar surface area (TPSA) is 31.2 Å². The smallest absolute Gasteiger partial charge is 0.161 e. The Balaban J connectivity index is 2.17. The summed E-state index contributed by atoms with van der Waals surface area (Å²) in [6.07, 6.45) is 1.94. The van der Waals surface area contributed by atoms with Crippen LogP contribution in [0.2, 0.25) is 25.7 Å². The Morgan fingerprint density at radius 2 is 1.82 bits per heavy atom. The fourth-order valence-electron chi connectivity index (χ4n) is 2.32. The molecule has 0 bridgehead atoms. The molecule has 0 amide bonds. The first-order chi connectivity index (χ1) is 10.4. The summed E-state index contributed by atoms with van der Waals surface area (Å²) in [5.41, 5.74) is 2.74. The molecule has 2 rings (SSSR count). The number of ether oxygens (including phenoxy) is 1. The molecule has 2 aromatic rings. The Morgan fingerprint density at radius 1 is 1.14 bits per heavy atom. The Kier molecular flexibility index (Phi) is 5.37. The summed E-state index contributed by atoms with van der Waals surface area (Å²) in [4.78, 5) is 11.9. The van der Waals surface area contributed by atoms with Gasteiger partial charge in [0.05, 0.1) is 5.69 Å². The van der Waals surface area contributed by atoms with Crippen LogP contribution in [0, 0.1) is 0 Å². The van der Waals surface area contributed by atoms with Gasteiger partial charge in [0.2, 0.25) is 0 Å². The van der Waals surface area contributed by atoms with E-state index >= 15 is 0 Å². The highest BCUT2D eigenvalue weighted by molar-refractivity contribution is 6.76. The van der Waals surface area contributed by atoms with Crippen molar-refractivity contribution in [2.75, 3.05) is 6.61 Å². The van der Waals surface area contributed by atoms with Gasteiger partial charge < -0.3 is 9.30 Å². The largest absolute Gasteiger partial charge is 0.361 e. The van der Waals surface area contributed by atoms with Crippen molar-refractivity contribution in [1.29, 1.82) is 0 Å². The maximum absolute atomic E-state index is 11.9. The van der Waals surface area contributed by atoms with Gasteiger partial charge in [-0.15, -0.1) is 0 Å². The summed E-state index contributed by atoms with van der Waals surface area (Å²) in [7, 11) is -1.07. The molecule has 0 saturated heterocycles. The lowest BCUT2D eigenvalue weighted by Crippen LogP contribution is -2.22. The van der Waals surface area contributed by atoms with Crippen molar-refractivity contribution in [3.8, 4) is 11.3 Å². The van der Waals surface area contributed by atoms with Gasteiger partial charge in [-0.25, -0.2) is 0 Å². The minimum Gasteiger partial charge on any atom is -0.361 e. The molecule has 0 aliphatic heterocycles. The standard InChI is InChI=1S/C18H25NO2Si/c1-15(20)17-10-11-19(14-21-12-13-22(2,3)4)18(17)16-8-6-5-7-9-16/h5-11H,12-14H2,1-4H3. The van der Waals surface area contributed by atoms with E-state index in [1.54, 1.807) is 6.92 Å². The third-order valence-corrected chi connectivity index (χ3v) is 5.32. The highest BCUT2D eigenvalue weighted by atomic mass is 28.3. The zero-order valence-corrected chi connectivity index (χ0v) is 14.9. The second kappa shape index (κ2) is 7.07. The van der Waals surface area contributed by atoms with E-state index in [1.807, 2.05) is 47.2 Å². The van der Waals surface area contributed by atoms with E-state index in [0.717, 1.165) is 29.5 Å². The van der Waals surface area contributed by atoms with Crippen molar-refractivity contribution in [3.05, 3.63) is 48.2 Å². The average Bonchev–Trinajstić information content (AvgIpc) is 2.87. The van der Waals surface area contributed by atoms with Crippen molar-refractivity contribution >= 4 is 13.9 Å². The lowest BCUT2D eigenvalue weighted by Gasteiger charge is -2.16. The van der Waals surface area contributed by atoms with Crippen LogP contribution in [-0.2, 0) is 11.5 Å². The summed E-state index contributed by atoms with van der Waals surface area (Å²) >= 11 is 0. The number of hydrogen-bond donors (Lipinski definition) is 0. The zero-order chi connectivity index (χ0) is 16.2. The number of Topliss-reactive ketones (excluding diaryl/α,β-unsaturated/α-hetero) is 1. The molecule has 1 heterocycles. The molecule has 4 heteroatoms. The molecule has 1 aromatic carbocycles. The predicted molar refractivity (Wildman–Crippen MR) is 94.0 cm³/mol. The first-order valence-electron chi connectivity index (χ1n) is 7.72. The quantitative estimate of drug-likeness (QED) is 0.422. The molecule has 0 spiro atoms.